The fraction of sp³-hybridized carbons (Fsp3) is 0.733. The molecule has 1 saturated heterocycles. The van der Waals surface area contributed by atoms with E-state index in [1.165, 1.54) is 6.42 Å². The van der Waals surface area contributed by atoms with E-state index in [0.29, 0.717) is 12.5 Å². The van der Waals surface area contributed by atoms with E-state index in [0.717, 1.165) is 12.8 Å². The summed E-state index contributed by atoms with van der Waals surface area (Å²) in [4.78, 5) is 24.0. The van der Waals surface area contributed by atoms with Gasteiger partial charge in [-0.1, -0.05) is 26.0 Å². The molecule has 0 aromatic heterocycles. The summed E-state index contributed by atoms with van der Waals surface area (Å²) in [7, 11) is 0. The van der Waals surface area contributed by atoms with Crippen molar-refractivity contribution in [1.82, 2.24) is 0 Å². The number of esters is 2. The molecule has 1 saturated carbocycles. The van der Waals surface area contributed by atoms with Gasteiger partial charge in [-0.05, 0) is 31.1 Å². The Morgan fingerprint density at radius 1 is 1.37 bits per heavy atom. The molecule has 3 aliphatic carbocycles. The first-order valence-electron chi connectivity index (χ1n) is 7.03. The molecule has 1 heterocycles. The standard InChI is InChI=1S/C15H20O4/c1-15(2)8-18-14(17)12(15)19-13(16)11-7-9-3-5-10(11)6-4-9/h3,5,9-12H,4,6-8H2,1-2H3/t9?,10?,11?,12-/m0/s1. The molecule has 2 fully saturated rings. The predicted molar refractivity (Wildman–Crippen MR) is 68.1 cm³/mol. The Balaban J connectivity index is 1.69. The normalized spacial score (nSPS) is 39.2. The zero-order valence-electron chi connectivity index (χ0n) is 11.4. The van der Waals surface area contributed by atoms with Crippen LogP contribution in [0.5, 0.6) is 0 Å². The maximum atomic E-state index is 12.3. The van der Waals surface area contributed by atoms with Crippen molar-refractivity contribution in [2.75, 3.05) is 6.61 Å². The first-order chi connectivity index (χ1) is 8.97. The molecule has 0 amide bonds. The highest BCUT2D eigenvalue weighted by Gasteiger charge is 2.48. The van der Waals surface area contributed by atoms with Crippen molar-refractivity contribution in [2.45, 2.75) is 39.2 Å². The lowest BCUT2D eigenvalue weighted by atomic mass is 9.69. The van der Waals surface area contributed by atoms with Crippen LogP contribution in [0.25, 0.3) is 0 Å². The quantitative estimate of drug-likeness (QED) is 0.566. The highest BCUT2D eigenvalue weighted by molar-refractivity contribution is 5.83. The summed E-state index contributed by atoms with van der Waals surface area (Å²) in [6, 6.07) is 0. The van der Waals surface area contributed by atoms with E-state index in [2.05, 4.69) is 12.2 Å². The van der Waals surface area contributed by atoms with E-state index in [1.807, 2.05) is 13.8 Å². The van der Waals surface area contributed by atoms with Crippen LogP contribution in [-0.2, 0) is 19.1 Å². The lowest BCUT2D eigenvalue weighted by molar-refractivity contribution is -0.168. The van der Waals surface area contributed by atoms with Crippen LogP contribution in [0.2, 0.25) is 0 Å². The third-order valence-electron chi connectivity index (χ3n) is 4.62. The lowest BCUT2D eigenvalue weighted by Gasteiger charge is -2.37. The maximum absolute atomic E-state index is 12.3. The maximum Gasteiger partial charge on any atom is 0.348 e. The van der Waals surface area contributed by atoms with Gasteiger partial charge in [0.05, 0.1) is 5.92 Å². The fourth-order valence-electron chi connectivity index (χ4n) is 3.34. The second-order valence-corrected chi connectivity index (χ2v) is 6.64. The van der Waals surface area contributed by atoms with E-state index >= 15 is 0 Å². The first-order valence-corrected chi connectivity index (χ1v) is 7.03. The highest BCUT2D eigenvalue weighted by Crippen LogP contribution is 2.42. The summed E-state index contributed by atoms with van der Waals surface area (Å²) < 4.78 is 10.5. The summed E-state index contributed by atoms with van der Waals surface area (Å²) in [5, 5.41) is 0. The third-order valence-corrected chi connectivity index (χ3v) is 4.62. The molecular weight excluding hydrogens is 244 g/mol. The predicted octanol–water partition coefficient (Wildman–Crippen LogP) is 2.08. The van der Waals surface area contributed by atoms with Crippen molar-refractivity contribution in [3.05, 3.63) is 12.2 Å². The molecular formula is C15H20O4. The average molecular weight is 264 g/mol. The van der Waals surface area contributed by atoms with E-state index in [9.17, 15) is 9.59 Å². The Hall–Kier alpha value is -1.32. The molecule has 1 aliphatic heterocycles. The minimum absolute atomic E-state index is 0.0760. The zero-order valence-corrected chi connectivity index (χ0v) is 11.4. The number of carbonyl (C=O) groups is 2. The molecule has 4 aliphatic rings. The molecule has 0 spiro atoms. The van der Waals surface area contributed by atoms with Gasteiger partial charge in [-0.2, -0.15) is 0 Å². The molecule has 104 valence electrons. The van der Waals surface area contributed by atoms with E-state index < -0.39 is 17.5 Å². The zero-order chi connectivity index (χ0) is 13.6. The number of fused-ring (bicyclic) bond motifs is 2. The van der Waals surface area contributed by atoms with Crippen LogP contribution >= 0.6 is 0 Å². The molecule has 2 bridgehead atoms. The van der Waals surface area contributed by atoms with Gasteiger partial charge in [0, 0.05) is 5.41 Å². The van der Waals surface area contributed by atoms with Gasteiger partial charge in [-0.25, -0.2) is 4.79 Å². The summed E-state index contributed by atoms with van der Waals surface area (Å²) in [5.74, 6) is 0.0860. The largest absolute Gasteiger partial charge is 0.462 e. The van der Waals surface area contributed by atoms with E-state index in [4.69, 9.17) is 9.47 Å². The monoisotopic (exact) mass is 264 g/mol. The molecule has 0 radical (unpaired) electrons. The van der Waals surface area contributed by atoms with Gasteiger partial charge >= 0.3 is 11.9 Å². The topological polar surface area (TPSA) is 52.6 Å². The molecule has 0 aromatic rings. The number of carbonyl (C=O) groups excluding carboxylic acids is 2. The summed E-state index contributed by atoms with van der Waals surface area (Å²) >= 11 is 0. The van der Waals surface area contributed by atoms with Gasteiger partial charge in [0.2, 0.25) is 6.10 Å². The molecule has 4 heteroatoms. The van der Waals surface area contributed by atoms with Gasteiger partial charge in [-0.3, -0.25) is 4.79 Å². The minimum Gasteiger partial charge on any atom is -0.462 e. The molecule has 0 aromatic carbocycles. The van der Waals surface area contributed by atoms with Crippen LogP contribution in [-0.4, -0.2) is 24.6 Å². The van der Waals surface area contributed by atoms with Crippen molar-refractivity contribution in [2.24, 2.45) is 23.2 Å². The Morgan fingerprint density at radius 2 is 2.16 bits per heavy atom. The smallest absolute Gasteiger partial charge is 0.348 e. The Morgan fingerprint density at radius 3 is 2.63 bits per heavy atom. The van der Waals surface area contributed by atoms with Gasteiger partial charge < -0.3 is 9.47 Å². The molecule has 0 N–H and O–H groups in total. The Kier molecular flexibility index (Phi) is 2.91. The SMILES string of the molecule is CC1(C)COC(=O)[C@@H]1OC(=O)C1CC2C=CC1CC2. The summed E-state index contributed by atoms with van der Waals surface area (Å²) in [5.41, 5.74) is -0.420. The first kappa shape index (κ1) is 12.7. The van der Waals surface area contributed by atoms with Crippen LogP contribution in [0.4, 0.5) is 0 Å². The van der Waals surface area contributed by atoms with Crippen molar-refractivity contribution in [1.29, 1.82) is 0 Å². The number of ether oxygens (including phenoxy) is 2. The Bertz CT molecular complexity index is 437. The fourth-order valence-corrected chi connectivity index (χ4v) is 3.34. The number of hydrogen-bond acceptors (Lipinski definition) is 4. The van der Waals surface area contributed by atoms with Gasteiger partial charge in [0.15, 0.2) is 0 Å². The van der Waals surface area contributed by atoms with Gasteiger partial charge in [0.1, 0.15) is 6.61 Å². The number of hydrogen-bond donors (Lipinski definition) is 0. The molecule has 4 rings (SSSR count). The van der Waals surface area contributed by atoms with Gasteiger partial charge in [-0.15, -0.1) is 0 Å². The summed E-state index contributed by atoms with van der Waals surface area (Å²) in [6.45, 7) is 4.10. The van der Waals surface area contributed by atoms with Crippen molar-refractivity contribution in [3.8, 4) is 0 Å². The second-order valence-electron chi connectivity index (χ2n) is 6.64. The van der Waals surface area contributed by atoms with E-state index in [1.54, 1.807) is 0 Å². The number of cyclic esters (lactones) is 1. The van der Waals surface area contributed by atoms with Crippen LogP contribution in [0.15, 0.2) is 12.2 Å². The van der Waals surface area contributed by atoms with E-state index in [-0.39, 0.29) is 17.8 Å². The van der Waals surface area contributed by atoms with Crippen LogP contribution in [0.3, 0.4) is 0 Å². The second kappa shape index (κ2) is 4.36. The summed E-state index contributed by atoms with van der Waals surface area (Å²) in [6.07, 6.45) is 6.70. The minimum atomic E-state index is -0.746. The molecule has 3 unspecified atom stereocenters. The van der Waals surface area contributed by atoms with Crippen molar-refractivity contribution >= 4 is 11.9 Å². The van der Waals surface area contributed by atoms with Crippen LogP contribution in [0.1, 0.15) is 33.1 Å². The lowest BCUT2D eigenvalue weighted by Crippen LogP contribution is -2.40. The third kappa shape index (κ3) is 2.17. The Labute approximate surface area is 113 Å². The van der Waals surface area contributed by atoms with Crippen molar-refractivity contribution < 1.29 is 19.1 Å². The van der Waals surface area contributed by atoms with Crippen LogP contribution in [0, 0.1) is 23.2 Å². The number of allylic oxidation sites excluding steroid dienone is 2. The number of rotatable bonds is 2. The molecule has 19 heavy (non-hydrogen) atoms. The van der Waals surface area contributed by atoms with Crippen molar-refractivity contribution in [3.63, 3.8) is 0 Å². The highest BCUT2D eigenvalue weighted by atomic mass is 16.6. The average Bonchev–Trinajstić information content (AvgIpc) is 2.67. The molecule has 4 atom stereocenters. The van der Waals surface area contributed by atoms with Crippen LogP contribution < -0.4 is 0 Å². The molecule has 4 nitrogen and oxygen atoms in total. The van der Waals surface area contributed by atoms with Gasteiger partial charge in [0.25, 0.3) is 0 Å².